The van der Waals surface area contributed by atoms with Crippen LogP contribution in [0.2, 0.25) is 0 Å². The van der Waals surface area contributed by atoms with Gasteiger partial charge >= 0.3 is 0 Å². The Labute approximate surface area is 180 Å². The number of amides is 2. The van der Waals surface area contributed by atoms with Gasteiger partial charge in [0.25, 0.3) is 5.91 Å². The number of carbonyl (C=O) groups excluding carboxylic acids is 2. The molecule has 3 aromatic rings. The van der Waals surface area contributed by atoms with Gasteiger partial charge in [-0.2, -0.15) is 0 Å². The third-order valence-electron chi connectivity index (χ3n) is 4.21. The van der Waals surface area contributed by atoms with Gasteiger partial charge in [0, 0.05) is 40.0 Å². The molecule has 0 bridgehead atoms. The first-order valence-electron chi connectivity index (χ1n) is 9.65. The zero-order valence-corrected chi connectivity index (χ0v) is 18.0. The zero-order valence-electron chi connectivity index (χ0n) is 17.2. The lowest BCUT2D eigenvalue weighted by atomic mass is 10.1. The van der Waals surface area contributed by atoms with Gasteiger partial charge in [-0.3, -0.25) is 9.59 Å². The Kier molecular flexibility index (Phi) is 7.19. The first-order chi connectivity index (χ1) is 14.4. The Morgan fingerprint density at radius 1 is 0.967 bits per heavy atom. The first kappa shape index (κ1) is 21.5. The Morgan fingerprint density at radius 3 is 2.23 bits per heavy atom. The van der Waals surface area contributed by atoms with Crippen LogP contribution in [0.1, 0.15) is 35.1 Å². The van der Waals surface area contributed by atoms with Gasteiger partial charge in [0.1, 0.15) is 0 Å². The van der Waals surface area contributed by atoms with Crippen molar-refractivity contribution in [3.8, 4) is 0 Å². The van der Waals surface area contributed by atoms with Crippen molar-refractivity contribution >= 4 is 29.3 Å². The van der Waals surface area contributed by atoms with Crippen LogP contribution in [0.5, 0.6) is 0 Å². The summed E-state index contributed by atoms with van der Waals surface area (Å²) in [7, 11) is 0. The SMILES string of the molecule is Cc1cc(C)nc(Sc2ccc(NC(=O)CC(C)NC(=O)c3ccccc3)cc2)n1. The van der Waals surface area contributed by atoms with E-state index < -0.39 is 0 Å². The van der Waals surface area contributed by atoms with Crippen molar-refractivity contribution in [1.29, 1.82) is 0 Å². The molecule has 2 amide bonds. The maximum atomic E-state index is 12.3. The van der Waals surface area contributed by atoms with E-state index in [-0.39, 0.29) is 24.3 Å². The number of aromatic nitrogens is 2. The monoisotopic (exact) mass is 420 g/mol. The quantitative estimate of drug-likeness (QED) is 0.554. The molecule has 0 radical (unpaired) electrons. The van der Waals surface area contributed by atoms with Gasteiger partial charge in [0.2, 0.25) is 5.91 Å². The number of rotatable bonds is 7. The Bertz CT molecular complexity index is 1000. The molecule has 0 fully saturated rings. The van der Waals surface area contributed by atoms with Crippen LogP contribution >= 0.6 is 11.8 Å². The number of benzene rings is 2. The highest BCUT2D eigenvalue weighted by Crippen LogP contribution is 2.26. The summed E-state index contributed by atoms with van der Waals surface area (Å²) in [6.07, 6.45) is 0.186. The lowest BCUT2D eigenvalue weighted by Crippen LogP contribution is -2.35. The normalized spacial score (nSPS) is 11.6. The van der Waals surface area contributed by atoms with E-state index in [4.69, 9.17) is 0 Å². The maximum Gasteiger partial charge on any atom is 0.251 e. The van der Waals surface area contributed by atoms with Crippen molar-refractivity contribution in [2.75, 3.05) is 5.32 Å². The summed E-state index contributed by atoms with van der Waals surface area (Å²) >= 11 is 1.48. The second-order valence-electron chi connectivity index (χ2n) is 7.05. The fourth-order valence-electron chi connectivity index (χ4n) is 2.89. The van der Waals surface area contributed by atoms with Gasteiger partial charge in [0.15, 0.2) is 5.16 Å². The smallest absolute Gasteiger partial charge is 0.251 e. The Hall–Kier alpha value is -3.19. The second kappa shape index (κ2) is 10.0. The van der Waals surface area contributed by atoms with Crippen LogP contribution in [0, 0.1) is 13.8 Å². The maximum absolute atomic E-state index is 12.3. The predicted molar refractivity (Wildman–Crippen MR) is 119 cm³/mol. The molecule has 1 unspecified atom stereocenters. The third kappa shape index (κ3) is 6.42. The molecule has 3 rings (SSSR count). The molecular weight excluding hydrogens is 396 g/mol. The van der Waals surface area contributed by atoms with Crippen molar-refractivity contribution in [3.05, 3.63) is 77.6 Å². The molecule has 2 N–H and O–H groups in total. The minimum absolute atomic E-state index is 0.158. The summed E-state index contributed by atoms with van der Waals surface area (Å²) < 4.78 is 0. The number of nitrogens with one attached hydrogen (secondary N) is 2. The van der Waals surface area contributed by atoms with Crippen molar-refractivity contribution in [1.82, 2.24) is 15.3 Å². The fourth-order valence-corrected chi connectivity index (χ4v) is 3.75. The summed E-state index contributed by atoms with van der Waals surface area (Å²) in [5.41, 5.74) is 3.14. The van der Waals surface area contributed by atoms with Crippen molar-refractivity contribution in [2.24, 2.45) is 0 Å². The van der Waals surface area contributed by atoms with Gasteiger partial charge in [-0.1, -0.05) is 18.2 Å². The van der Waals surface area contributed by atoms with E-state index in [0.29, 0.717) is 16.4 Å². The number of nitrogens with zero attached hydrogens (tertiary/aromatic N) is 2. The Morgan fingerprint density at radius 2 is 1.60 bits per heavy atom. The number of carbonyl (C=O) groups is 2. The predicted octanol–water partition coefficient (Wildman–Crippen LogP) is 4.39. The number of aryl methyl sites for hydroxylation is 2. The molecule has 154 valence electrons. The van der Waals surface area contributed by atoms with Gasteiger partial charge in [-0.25, -0.2) is 9.97 Å². The van der Waals surface area contributed by atoms with E-state index in [1.165, 1.54) is 11.8 Å². The van der Waals surface area contributed by atoms with Crippen LogP contribution in [0.4, 0.5) is 5.69 Å². The second-order valence-corrected chi connectivity index (χ2v) is 8.09. The van der Waals surface area contributed by atoms with E-state index in [0.717, 1.165) is 16.3 Å². The zero-order chi connectivity index (χ0) is 21.5. The summed E-state index contributed by atoms with van der Waals surface area (Å²) in [6, 6.07) is 18.1. The molecule has 0 saturated carbocycles. The molecule has 0 aliphatic heterocycles. The minimum Gasteiger partial charge on any atom is -0.349 e. The van der Waals surface area contributed by atoms with Crippen LogP contribution in [-0.4, -0.2) is 27.8 Å². The van der Waals surface area contributed by atoms with E-state index in [1.807, 2.05) is 57.2 Å². The third-order valence-corrected chi connectivity index (χ3v) is 5.09. The molecule has 1 atom stereocenters. The van der Waals surface area contributed by atoms with Crippen LogP contribution in [0.25, 0.3) is 0 Å². The van der Waals surface area contributed by atoms with Crippen molar-refractivity contribution in [2.45, 2.75) is 43.3 Å². The summed E-state index contributed by atoms with van der Waals surface area (Å²) in [6.45, 7) is 5.70. The number of anilines is 1. The Balaban J connectivity index is 1.51. The van der Waals surface area contributed by atoms with Gasteiger partial charge < -0.3 is 10.6 Å². The van der Waals surface area contributed by atoms with Gasteiger partial charge in [-0.05, 0) is 75.0 Å². The average Bonchev–Trinajstić information content (AvgIpc) is 2.69. The molecule has 2 aromatic carbocycles. The highest BCUT2D eigenvalue weighted by atomic mass is 32.2. The standard InChI is InChI=1S/C23H24N4O2S/c1-15-13-16(2)26-23(25-15)30-20-11-9-19(10-12-20)27-21(28)14-17(3)24-22(29)18-7-5-4-6-8-18/h4-13,17H,14H2,1-3H3,(H,24,29)(H,27,28). The highest BCUT2D eigenvalue weighted by molar-refractivity contribution is 7.99. The number of hydrogen-bond donors (Lipinski definition) is 2. The van der Waals surface area contributed by atoms with E-state index >= 15 is 0 Å². The van der Waals surface area contributed by atoms with E-state index in [1.54, 1.807) is 24.3 Å². The van der Waals surface area contributed by atoms with Crippen LogP contribution in [0.15, 0.2) is 70.7 Å². The molecular formula is C23H24N4O2S. The fraction of sp³-hybridized carbons (Fsp3) is 0.217. The lowest BCUT2D eigenvalue weighted by Gasteiger charge is -2.14. The van der Waals surface area contributed by atoms with E-state index in [2.05, 4.69) is 20.6 Å². The van der Waals surface area contributed by atoms with Crippen LogP contribution in [0.3, 0.4) is 0 Å². The molecule has 30 heavy (non-hydrogen) atoms. The molecule has 1 heterocycles. The van der Waals surface area contributed by atoms with Crippen LogP contribution in [-0.2, 0) is 4.79 Å². The largest absolute Gasteiger partial charge is 0.349 e. The molecule has 7 heteroatoms. The summed E-state index contributed by atoms with van der Waals surface area (Å²) in [4.78, 5) is 34.3. The average molecular weight is 421 g/mol. The van der Waals surface area contributed by atoms with E-state index in [9.17, 15) is 9.59 Å². The van der Waals surface area contributed by atoms with Crippen LogP contribution < -0.4 is 10.6 Å². The summed E-state index contributed by atoms with van der Waals surface area (Å²) in [5, 5.41) is 6.41. The minimum atomic E-state index is -0.283. The molecule has 1 aromatic heterocycles. The molecule has 6 nitrogen and oxygen atoms in total. The molecule has 0 aliphatic rings. The summed E-state index contributed by atoms with van der Waals surface area (Å²) in [5.74, 6) is -0.347. The lowest BCUT2D eigenvalue weighted by molar-refractivity contribution is -0.116. The first-order valence-corrected chi connectivity index (χ1v) is 10.5. The van der Waals surface area contributed by atoms with Gasteiger partial charge in [0.05, 0.1) is 0 Å². The molecule has 0 aliphatic carbocycles. The van der Waals surface area contributed by atoms with Crippen molar-refractivity contribution in [3.63, 3.8) is 0 Å². The molecule has 0 spiro atoms. The highest BCUT2D eigenvalue weighted by Gasteiger charge is 2.13. The number of hydrogen-bond acceptors (Lipinski definition) is 5. The molecule has 0 saturated heterocycles. The topological polar surface area (TPSA) is 84.0 Å². The van der Waals surface area contributed by atoms with Crippen molar-refractivity contribution < 1.29 is 9.59 Å². The van der Waals surface area contributed by atoms with Gasteiger partial charge in [-0.15, -0.1) is 0 Å².